The number of amides is 1. The van der Waals surface area contributed by atoms with Gasteiger partial charge >= 0.3 is 5.97 Å². The highest BCUT2D eigenvalue weighted by atomic mass is 16.5. The van der Waals surface area contributed by atoms with Crippen molar-refractivity contribution in [3.63, 3.8) is 0 Å². The van der Waals surface area contributed by atoms with Crippen molar-refractivity contribution in [1.29, 1.82) is 0 Å². The molecular formula is C67H125NO5. The standard InChI is InChI=1S/C67H125NO5/c1-3-5-7-9-11-13-15-17-19-20-21-26-29-32-35-39-43-47-51-55-59-65(70)64(63-69)68-66(71)60-56-52-48-44-40-36-33-30-27-24-22-23-25-28-31-34-38-42-46-50-54-58-62-73-67(72)61-57-53-49-45-41-37-18-16-14-12-10-8-6-4-2/h10,12,16,18,24,27,55,59,64-65,69-70H,3-9,11,13-15,17,19-23,25-26,28-54,56-58,60-63H2,1-2H3,(H,68,71)/b12-10-,18-16-,27-24-,59-55+. The number of carbonyl (C=O) groups excluding carboxylic acids is 2. The lowest BCUT2D eigenvalue weighted by Crippen LogP contribution is -2.45. The average molecular weight is 1020 g/mol. The van der Waals surface area contributed by atoms with Crippen molar-refractivity contribution >= 4 is 11.9 Å². The summed E-state index contributed by atoms with van der Waals surface area (Å²) in [7, 11) is 0. The lowest BCUT2D eigenvalue weighted by Gasteiger charge is -2.20. The van der Waals surface area contributed by atoms with Gasteiger partial charge in [-0.15, -0.1) is 0 Å². The van der Waals surface area contributed by atoms with E-state index in [1.807, 2.05) is 6.08 Å². The molecule has 0 rings (SSSR count). The third-order valence-electron chi connectivity index (χ3n) is 14.8. The van der Waals surface area contributed by atoms with Crippen LogP contribution in [0.25, 0.3) is 0 Å². The van der Waals surface area contributed by atoms with Crippen LogP contribution in [0.5, 0.6) is 0 Å². The molecule has 0 spiro atoms. The fourth-order valence-electron chi connectivity index (χ4n) is 9.82. The van der Waals surface area contributed by atoms with Crippen molar-refractivity contribution in [2.75, 3.05) is 13.2 Å². The normalized spacial score (nSPS) is 12.9. The maximum Gasteiger partial charge on any atom is 0.305 e. The minimum Gasteiger partial charge on any atom is -0.466 e. The molecule has 0 heterocycles. The van der Waals surface area contributed by atoms with Crippen molar-refractivity contribution in [1.82, 2.24) is 5.32 Å². The third-order valence-corrected chi connectivity index (χ3v) is 14.8. The number of carbonyl (C=O) groups is 2. The second-order valence-corrected chi connectivity index (χ2v) is 22.1. The molecule has 73 heavy (non-hydrogen) atoms. The predicted octanol–water partition coefficient (Wildman–Crippen LogP) is 20.5. The van der Waals surface area contributed by atoms with Crippen LogP contribution in [0.1, 0.15) is 341 Å². The first-order chi connectivity index (χ1) is 36.0. The second-order valence-electron chi connectivity index (χ2n) is 22.1. The lowest BCUT2D eigenvalue weighted by molar-refractivity contribution is -0.143. The number of hydrogen-bond acceptors (Lipinski definition) is 5. The number of hydrogen-bond donors (Lipinski definition) is 3. The summed E-state index contributed by atoms with van der Waals surface area (Å²) in [5, 5.41) is 23.2. The number of nitrogens with one attached hydrogen (secondary N) is 1. The van der Waals surface area contributed by atoms with Crippen LogP contribution in [-0.2, 0) is 14.3 Å². The molecule has 6 nitrogen and oxygen atoms in total. The Balaban J connectivity index is 3.46. The summed E-state index contributed by atoms with van der Waals surface area (Å²) in [6.07, 6.45) is 80.1. The van der Waals surface area contributed by atoms with Gasteiger partial charge in [0.1, 0.15) is 0 Å². The largest absolute Gasteiger partial charge is 0.466 e. The number of aliphatic hydroxyl groups excluding tert-OH is 2. The fourth-order valence-corrected chi connectivity index (χ4v) is 9.82. The highest BCUT2D eigenvalue weighted by molar-refractivity contribution is 5.76. The van der Waals surface area contributed by atoms with Gasteiger partial charge < -0.3 is 20.3 Å². The summed E-state index contributed by atoms with van der Waals surface area (Å²) < 4.78 is 5.47. The van der Waals surface area contributed by atoms with E-state index < -0.39 is 12.1 Å². The summed E-state index contributed by atoms with van der Waals surface area (Å²) >= 11 is 0. The van der Waals surface area contributed by atoms with Gasteiger partial charge in [0.25, 0.3) is 0 Å². The molecule has 1 amide bonds. The Kier molecular flexibility index (Phi) is 60.5. The summed E-state index contributed by atoms with van der Waals surface area (Å²) in [6, 6.07) is -0.635. The van der Waals surface area contributed by atoms with Gasteiger partial charge in [0.15, 0.2) is 0 Å². The number of unbranched alkanes of at least 4 members (excludes halogenated alkanes) is 43. The summed E-state index contributed by atoms with van der Waals surface area (Å²) in [5.74, 6) is -0.0784. The lowest BCUT2D eigenvalue weighted by atomic mass is 10.0. The van der Waals surface area contributed by atoms with E-state index in [1.54, 1.807) is 6.08 Å². The number of ether oxygens (including phenoxy) is 1. The first kappa shape index (κ1) is 70.8. The van der Waals surface area contributed by atoms with Gasteiger partial charge in [-0.3, -0.25) is 9.59 Å². The van der Waals surface area contributed by atoms with E-state index in [1.165, 1.54) is 257 Å². The first-order valence-corrected chi connectivity index (χ1v) is 32.4. The molecule has 2 atom stereocenters. The molecule has 0 radical (unpaired) electrons. The maximum atomic E-state index is 12.5. The highest BCUT2D eigenvalue weighted by Gasteiger charge is 2.18. The van der Waals surface area contributed by atoms with Crippen molar-refractivity contribution in [2.24, 2.45) is 0 Å². The molecule has 2 unspecified atom stereocenters. The molecule has 3 N–H and O–H groups in total. The molecule has 0 saturated heterocycles. The van der Waals surface area contributed by atoms with Crippen LogP contribution in [-0.4, -0.2) is 47.4 Å². The Bertz CT molecular complexity index is 1230. The van der Waals surface area contributed by atoms with Crippen LogP contribution in [0.15, 0.2) is 48.6 Å². The van der Waals surface area contributed by atoms with E-state index in [2.05, 4.69) is 55.6 Å². The van der Waals surface area contributed by atoms with Gasteiger partial charge in [0, 0.05) is 12.8 Å². The Morgan fingerprint density at radius 2 is 0.699 bits per heavy atom. The molecule has 6 heteroatoms. The topological polar surface area (TPSA) is 95.9 Å². The predicted molar refractivity (Wildman–Crippen MR) is 319 cm³/mol. The zero-order valence-electron chi connectivity index (χ0n) is 48.9. The van der Waals surface area contributed by atoms with Crippen molar-refractivity contribution in [3.05, 3.63) is 48.6 Å². The number of rotatable bonds is 60. The molecule has 0 aromatic rings. The van der Waals surface area contributed by atoms with Gasteiger partial charge in [-0.25, -0.2) is 0 Å². The van der Waals surface area contributed by atoms with Gasteiger partial charge in [0.2, 0.25) is 5.91 Å². The number of aliphatic hydroxyl groups is 2. The van der Waals surface area contributed by atoms with Crippen molar-refractivity contribution < 1.29 is 24.5 Å². The average Bonchev–Trinajstić information content (AvgIpc) is 3.39. The smallest absolute Gasteiger partial charge is 0.305 e. The Labute approximate surface area is 455 Å². The molecule has 0 aliphatic rings. The quantitative estimate of drug-likeness (QED) is 0.0320. The molecule has 0 saturated carbocycles. The fraction of sp³-hybridized carbons (Fsp3) is 0.851. The van der Waals surface area contributed by atoms with E-state index in [0.29, 0.717) is 19.4 Å². The molecule has 0 aromatic heterocycles. The van der Waals surface area contributed by atoms with Gasteiger partial charge in [-0.1, -0.05) is 294 Å². The highest BCUT2D eigenvalue weighted by Crippen LogP contribution is 2.17. The molecule has 0 aliphatic carbocycles. The Hall–Kier alpha value is -2.18. The molecule has 0 fully saturated rings. The van der Waals surface area contributed by atoms with Crippen molar-refractivity contribution in [2.45, 2.75) is 353 Å². The monoisotopic (exact) mass is 1020 g/mol. The zero-order chi connectivity index (χ0) is 52.9. The van der Waals surface area contributed by atoms with E-state index >= 15 is 0 Å². The Morgan fingerprint density at radius 3 is 1.10 bits per heavy atom. The number of allylic oxidation sites excluding steroid dienone is 7. The molecule has 0 aliphatic heterocycles. The summed E-state index contributed by atoms with van der Waals surface area (Å²) in [4.78, 5) is 24.5. The summed E-state index contributed by atoms with van der Waals surface area (Å²) in [6.45, 7) is 4.87. The first-order valence-electron chi connectivity index (χ1n) is 32.4. The van der Waals surface area contributed by atoms with Crippen LogP contribution < -0.4 is 5.32 Å². The third kappa shape index (κ3) is 58.9. The van der Waals surface area contributed by atoms with Crippen LogP contribution in [0.4, 0.5) is 0 Å². The van der Waals surface area contributed by atoms with E-state index in [0.717, 1.165) is 57.8 Å². The minimum absolute atomic E-state index is 0.00535. The van der Waals surface area contributed by atoms with Gasteiger partial charge in [-0.05, 0) is 83.5 Å². The second kappa shape index (κ2) is 62.4. The molecular weight excluding hydrogens is 899 g/mol. The van der Waals surface area contributed by atoms with Crippen LogP contribution in [0.2, 0.25) is 0 Å². The number of esters is 1. The van der Waals surface area contributed by atoms with E-state index in [4.69, 9.17) is 4.74 Å². The van der Waals surface area contributed by atoms with Crippen LogP contribution in [0.3, 0.4) is 0 Å². The minimum atomic E-state index is -0.851. The Morgan fingerprint density at radius 1 is 0.384 bits per heavy atom. The molecule has 0 bridgehead atoms. The molecule has 428 valence electrons. The molecule has 0 aromatic carbocycles. The van der Waals surface area contributed by atoms with Crippen molar-refractivity contribution in [3.8, 4) is 0 Å². The van der Waals surface area contributed by atoms with Gasteiger partial charge in [0.05, 0.1) is 25.4 Å². The van der Waals surface area contributed by atoms with Crippen LogP contribution >= 0.6 is 0 Å². The summed E-state index contributed by atoms with van der Waals surface area (Å²) in [5.41, 5.74) is 0. The van der Waals surface area contributed by atoms with E-state index in [-0.39, 0.29) is 18.5 Å². The maximum absolute atomic E-state index is 12.5. The van der Waals surface area contributed by atoms with Crippen LogP contribution in [0, 0.1) is 0 Å². The van der Waals surface area contributed by atoms with Gasteiger partial charge in [-0.2, -0.15) is 0 Å². The SMILES string of the molecule is CCCC/C=C\C/C=C\CCCCCCCC(=O)OCCCCCCCCCCCCC/C=C\CCCCCCCCCC(=O)NC(CO)C(O)/C=C/CCCCCCCCCCCCCCCCCCCC. The van der Waals surface area contributed by atoms with E-state index in [9.17, 15) is 19.8 Å². The zero-order valence-corrected chi connectivity index (χ0v) is 48.9.